The SMILES string of the molecule is [CH2]C(=O)N1CCN(C(=O)OCc2ccccc2)CC1. The van der Waals surface area contributed by atoms with E-state index in [4.69, 9.17) is 4.74 Å². The maximum atomic E-state index is 11.8. The Kier molecular flexibility index (Phi) is 4.39. The van der Waals surface area contributed by atoms with E-state index in [9.17, 15) is 9.59 Å². The third-order valence-electron chi connectivity index (χ3n) is 3.10. The van der Waals surface area contributed by atoms with Gasteiger partial charge in [-0.15, -0.1) is 0 Å². The van der Waals surface area contributed by atoms with Gasteiger partial charge in [0, 0.05) is 33.1 Å². The van der Waals surface area contributed by atoms with Crippen molar-refractivity contribution in [1.29, 1.82) is 0 Å². The number of nitrogens with zero attached hydrogens (tertiary/aromatic N) is 2. The molecule has 0 N–H and O–H groups in total. The molecule has 1 aromatic carbocycles. The quantitative estimate of drug-likeness (QED) is 0.806. The van der Waals surface area contributed by atoms with Gasteiger partial charge in [0.1, 0.15) is 6.61 Å². The molecule has 1 fully saturated rings. The van der Waals surface area contributed by atoms with Crippen LogP contribution in [0.1, 0.15) is 5.56 Å². The second kappa shape index (κ2) is 6.22. The third kappa shape index (κ3) is 3.71. The van der Waals surface area contributed by atoms with Crippen molar-refractivity contribution in [3.63, 3.8) is 0 Å². The van der Waals surface area contributed by atoms with E-state index in [0.29, 0.717) is 26.2 Å². The molecule has 5 heteroatoms. The summed E-state index contributed by atoms with van der Waals surface area (Å²) in [5.74, 6) is -0.197. The summed E-state index contributed by atoms with van der Waals surface area (Å²) in [5, 5.41) is 0. The highest BCUT2D eigenvalue weighted by molar-refractivity contribution is 5.80. The fourth-order valence-electron chi connectivity index (χ4n) is 1.95. The standard InChI is InChI=1S/C14H17N2O3/c1-12(17)15-7-9-16(10-8-15)14(18)19-11-13-5-3-2-4-6-13/h2-6H,1,7-11H2. The predicted molar refractivity (Wildman–Crippen MR) is 70.1 cm³/mol. The van der Waals surface area contributed by atoms with Gasteiger partial charge in [-0.2, -0.15) is 0 Å². The fraction of sp³-hybridized carbons (Fsp3) is 0.357. The molecule has 1 saturated heterocycles. The smallest absolute Gasteiger partial charge is 0.410 e. The lowest BCUT2D eigenvalue weighted by molar-refractivity contribution is -0.127. The number of rotatable bonds is 2. The number of carbonyl (C=O) groups excluding carboxylic acids is 2. The van der Waals surface area contributed by atoms with Crippen molar-refractivity contribution < 1.29 is 14.3 Å². The van der Waals surface area contributed by atoms with Crippen LogP contribution in [-0.2, 0) is 16.1 Å². The zero-order valence-corrected chi connectivity index (χ0v) is 10.7. The van der Waals surface area contributed by atoms with Crippen LogP contribution in [0.2, 0.25) is 0 Å². The topological polar surface area (TPSA) is 49.9 Å². The summed E-state index contributed by atoms with van der Waals surface area (Å²) in [6.45, 7) is 5.66. The lowest BCUT2D eigenvalue weighted by atomic mass is 10.2. The van der Waals surface area contributed by atoms with Gasteiger partial charge < -0.3 is 14.5 Å². The van der Waals surface area contributed by atoms with Crippen LogP contribution in [0.3, 0.4) is 0 Å². The average molecular weight is 261 g/mol. The third-order valence-corrected chi connectivity index (χ3v) is 3.10. The molecule has 1 radical (unpaired) electrons. The van der Waals surface area contributed by atoms with Crippen LogP contribution >= 0.6 is 0 Å². The Labute approximate surface area is 112 Å². The lowest BCUT2D eigenvalue weighted by Crippen LogP contribution is -2.50. The number of carbonyl (C=O) groups is 2. The first kappa shape index (κ1) is 13.4. The molecule has 0 bridgehead atoms. The summed E-state index contributed by atoms with van der Waals surface area (Å²) in [6.07, 6.45) is -0.333. The Bertz CT molecular complexity index is 439. The molecule has 0 atom stereocenters. The molecule has 0 saturated carbocycles. The van der Waals surface area contributed by atoms with Gasteiger partial charge in [0.15, 0.2) is 0 Å². The Balaban J connectivity index is 1.77. The second-order valence-electron chi connectivity index (χ2n) is 4.41. The normalized spacial score (nSPS) is 15.2. The van der Waals surface area contributed by atoms with Crippen LogP contribution in [0.15, 0.2) is 30.3 Å². The van der Waals surface area contributed by atoms with E-state index >= 15 is 0 Å². The summed E-state index contributed by atoms with van der Waals surface area (Å²) in [6, 6.07) is 9.54. The lowest BCUT2D eigenvalue weighted by Gasteiger charge is -2.33. The number of amides is 2. The molecule has 0 aliphatic carbocycles. The van der Waals surface area contributed by atoms with Gasteiger partial charge in [-0.05, 0) is 5.56 Å². The van der Waals surface area contributed by atoms with Crippen molar-refractivity contribution in [3.05, 3.63) is 42.8 Å². The highest BCUT2D eigenvalue weighted by atomic mass is 16.6. The van der Waals surface area contributed by atoms with E-state index in [1.807, 2.05) is 30.3 Å². The van der Waals surface area contributed by atoms with Gasteiger partial charge in [-0.1, -0.05) is 30.3 Å². The van der Waals surface area contributed by atoms with Crippen LogP contribution in [0.4, 0.5) is 4.79 Å². The van der Waals surface area contributed by atoms with Gasteiger partial charge >= 0.3 is 6.09 Å². The molecule has 0 unspecified atom stereocenters. The van der Waals surface area contributed by atoms with Crippen LogP contribution in [-0.4, -0.2) is 48.0 Å². The zero-order chi connectivity index (χ0) is 13.7. The minimum Gasteiger partial charge on any atom is -0.445 e. The summed E-state index contributed by atoms with van der Waals surface area (Å²) < 4.78 is 5.23. The zero-order valence-electron chi connectivity index (χ0n) is 10.7. The molecule has 1 heterocycles. The van der Waals surface area contributed by atoms with E-state index < -0.39 is 0 Å². The van der Waals surface area contributed by atoms with E-state index in [1.54, 1.807) is 9.80 Å². The summed E-state index contributed by atoms with van der Waals surface area (Å²) in [5.41, 5.74) is 0.961. The maximum Gasteiger partial charge on any atom is 0.410 e. The van der Waals surface area contributed by atoms with Gasteiger partial charge in [0.05, 0.1) is 0 Å². The van der Waals surface area contributed by atoms with Crippen molar-refractivity contribution in [2.45, 2.75) is 6.61 Å². The minimum atomic E-state index is -0.333. The van der Waals surface area contributed by atoms with Crippen LogP contribution in [0.25, 0.3) is 0 Å². The Morgan fingerprint density at radius 2 is 1.63 bits per heavy atom. The Morgan fingerprint density at radius 3 is 2.21 bits per heavy atom. The van der Waals surface area contributed by atoms with Crippen LogP contribution in [0.5, 0.6) is 0 Å². The number of ether oxygens (including phenoxy) is 1. The van der Waals surface area contributed by atoms with E-state index in [2.05, 4.69) is 6.92 Å². The van der Waals surface area contributed by atoms with Crippen LogP contribution in [0, 0.1) is 6.92 Å². The molecule has 2 rings (SSSR count). The van der Waals surface area contributed by atoms with Gasteiger partial charge in [-0.3, -0.25) is 4.79 Å². The largest absolute Gasteiger partial charge is 0.445 e. The molecule has 5 nitrogen and oxygen atoms in total. The molecule has 0 spiro atoms. The first-order valence-electron chi connectivity index (χ1n) is 6.23. The number of piperazine rings is 1. The molecule has 1 aliphatic heterocycles. The molecule has 2 amide bonds. The fourth-order valence-corrected chi connectivity index (χ4v) is 1.95. The molecular formula is C14H17N2O3. The highest BCUT2D eigenvalue weighted by Crippen LogP contribution is 2.06. The van der Waals surface area contributed by atoms with E-state index in [-0.39, 0.29) is 18.6 Å². The molecule has 19 heavy (non-hydrogen) atoms. The monoisotopic (exact) mass is 261 g/mol. The summed E-state index contributed by atoms with van der Waals surface area (Å²) >= 11 is 0. The first-order valence-corrected chi connectivity index (χ1v) is 6.23. The molecule has 0 aromatic heterocycles. The van der Waals surface area contributed by atoms with Gasteiger partial charge in [-0.25, -0.2) is 4.79 Å². The summed E-state index contributed by atoms with van der Waals surface area (Å²) in [7, 11) is 0. The van der Waals surface area contributed by atoms with Crippen molar-refractivity contribution in [2.75, 3.05) is 26.2 Å². The number of benzene rings is 1. The average Bonchev–Trinajstić information content (AvgIpc) is 2.46. The Morgan fingerprint density at radius 1 is 1.05 bits per heavy atom. The van der Waals surface area contributed by atoms with Crippen molar-refractivity contribution >= 4 is 12.0 Å². The molecule has 1 aliphatic rings. The summed E-state index contributed by atoms with van der Waals surface area (Å²) in [4.78, 5) is 26.1. The minimum absolute atomic E-state index is 0.197. The highest BCUT2D eigenvalue weighted by Gasteiger charge is 2.23. The van der Waals surface area contributed by atoms with Crippen molar-refractivity contribution in [3.8, 4) is 0 Å². The molecule has 101 valence electrons. The first-order chi connectivity index (χ1) is 9.16. The predicted octanol–water partition coefficient (Wildman–Crippen LogP) is 1.30. The van der Waals surface area contributed by atoms with Crippen molar-refractivity contribution in [1.82, 2.24) is 9.80 Å². The second-order valence-corrected chi connectivity index (χ2v) is 4.41. The number of hydrogen-bond acceptors (Lipinski definition) is 3. The van der Waals surface area contributed by atoms with Gasteiger partial charge in [0.25, 0.3) is 0 Å². The van der Waals surface area contributed by atoms with Crippen molar-refractivity contribution in [2.24, 2.45) is 0 Å². The Hall–Kier alpha value is -2.04. The van der Waals surface area contributed by atoms with Crippen LogP contribution < -0.4 is 0 Å². The van der Waals surface area contributed by atoms with E-state index in [1.165, 1.54) is 0 Å². The van der Waals surface area contributed by atoms with E-state index in [0.717, 1.165) is 5.56 Å². The van der Waals surface area contributed by atoms with Gasteiger partial charge in [0.2, 0.25) is 5.91 Å². The number of hydrogen-bond donors (Lipinski definition) is 0. The molecule has 1 aromatic rings. The maximum absolute atomic E-state index is 11.8. The molecular weight excluding hydrogens is 244 g/mol.